The minimum Gasteiger partial charge on any atom is -0.434 e. The molecule has 1 aromatic carbocycles. The molecule has 0 aliphatic carbocycles. The summed E-state index contributed by atoms with van der Waals surface area (Å²) >= 11 is 0. The zero-order valence-electron chi connectivity index (χ0n) is 10.8. The van der Waals surface area contributed by atoms with Crippen molar-refractivity contribution in [3.05, 3.63) is 48.0 Å². The molecule has 3 nitrogen and oxygen atoms in total. The first-order chi connectivity index (χ1) is 8.66. The standard InChI is InChI=1S/C15H15N2O/c1-10-6-4-5-7-12(10)14-15-13(8-9-17(14)3)16-11(2)18-15/h4-9H,1-3H3/q+1. The Balaban J connectivity index is 2.41. The van der Waals surface area contributed by atoms with Crippen LogP contribution in [0, 0.1) is 13.8 Å². The Labute approximate surface area is 106 Å². The van der Waals surface area contributed by atoms with E-state index in [-0.39, 0.29) is 0 Å². The van der Waals surface area contributed by atoms with Crippen LogP contribution in [0.1, 0.15) is 11.5 Å². The predicted octanol–water partition coefficient (Wildman–Crippen LogP) is 2.94. The summed E-state index contributed by atoms with van der Waals surface area (Å²) in [5, 5.41) is 0. The zero-order chi connectivity index (χ0) is 12.7. The Morgan fingerprint density at radius 1 is 1.11 bits per heavy atom. The van der Waals surface area contributed by atoms with E-state index in [9.17, 15) is 0 Å². The fraction of sp³-hybridized carbons (Fsp3) is 0.200. The lowest BCUT2D eigenvalue weighted by atomic mass is 10.0. The maximum absolute atomic E-state index is 5.76. The molecule has 18 heavy (non-hydrogen) atoms. The molecule has 0 bridgehead atoms. The van der Waals surface area contributed by atoms with Crippen LogP contribution < -0.4 is 4.57 Å². The van der Waals surface area contributed by atoms with Crippen LogP contribution in [-0.4, -0.2) is 4.98 Å². The molecule has 0 aliphatic rings. The third-order valence-corrected chi connectivity index (χ3v) is 3.18. The highest BCUT2D eigenvalue weighted by molar-refractivity contribution is 5.86. The second kappa shape index (κ2) is 3.95. The number of nitrogens with zero attached hydrogens (tertiary/aromatic N) is 2. The van der Waals surface area contributed by atoms with Crippen molar-refractivity contribution >= 4 is 11.1 Å². The summed E-state index contributed by atoms with van der Waals surface area (Å²) in [4.78, 5) is 4.39. The molecule has 3 aromatic rings. The van der Waals surface area contributed by atoms with Gasteiger partial charge in [-0.1, -0.05) is 18.2 Å². The molecule has 90 valence electrons. The van der Waals surface area contributed by atoms with Gasteiger partial charge in [0, 0.05) is 13.0 Å². The minimum absolute atomic E-state index is 0.700. The Bertz CT molecular complexity index is 728. The number of aromatic nitrogens is 2. The van der Waals surface area contributed by atoms with E-state index < -0.39 is 0 Å². The lowest BCUT2D eigenvalue weighted by Crippen LogP contribution is -2.30. The number of rotatable bonds is 1. The number of oxazole rings is 1. The van der Waals surface area contributed by atoms with Crippen molar-refractivity contribution in [2.24, 2.45) is 7.05 Å². The van der Waals surface area contributed by atoms with Crippen molar-refractivity contribution in [1.82, 2.24) is 4.98 Å². The summed E-state index contributed by atoms with van der Waals surface area (Å²) in [6.07, 6.45) is 2.02. The van der Waals surface area contributed by atoms with Gasteiger partial charge in [-0.05, 0) is 18.6 Å². The average Bonchev–Trinajstić information content (AvgIpc) is 2.71. The van der Waals surface area contributed by atoms with Gasteiger partial charge >= 0.3 is 0 Å². The maximum atomic E-state index is 5.76. The van der Waals surface area contributed by atoms with Gasteiger partial charge in [-0.2, -0.15) is 4.57 Å². The van der Waals surface area contributed by atoms with E-state index in [1.165, 1.54) is 11.1 Å². The van der Waals surface area contributed by atoms with E-state index in [1.54, 1.807) is 0 Å². The summed E-state index contributed by atoms with van der Waals surface area (Å²) in [6, 6.07) is 10.3. The minimum atomic E-state index is 0.700. The zero-order valence-corrected chi connectivity index (χ0v) is 10.8. The second-order valence-electron chi connectivity index (χ2n) is 4.54. The van der Waals surface area contributed by atoms with E-state index in [0.29, 0.717) is 5.89 Å². The van der Waals surface area contributed by atoms with Gasteiger partial charge in [0.15, 0.2) is 12.1 Å². The first-order valence-electron chi connectivity index (χ1n) is 5.98. The first-order valence-corrected chi connectivity index (χ1v) is 5.98. The van der Waals surface area contributed by atoms with Crippen molar-refractivity contribution in [1.29, 1.82) is 0 Å². The topological polar surface area (TPSA) is 29.9 Å². The molecule has 2 aromatic heterocycles. The SMILES string of the molecule is Cc1nc2cc[n+](C)c(-c3ccccc3C)c2o1. The fourth-order valence-corrected chi connectivity index (χ4v) is 2.29. The van der Waals surface area contributed by atoms with Crippen LogP contribution in [0.25, 0.3) is 22.4 Å². The Kier molecular flexibility index (Phi) is 2.40. The summed E-state index contributed by atoms with van der Waals surface area (Å²) in [5.41, 5.74) is 5.25. The van der Waals surface area contributed by atoms with Crippen LogP contribution in [0.5, 0.6) is 0 Å². The van der Waals surface area contributed by atoms with Gasteiger partial charge in [0.1, 0.15) is 12.6 Å². The molecule has 2 heterocycles. The molecule has 0 spiro atoms. The summed E-state index contributed by atoms with van der Waals surface area (Å²) < 4.78 is 7.84. The van der Waals surface area contributed by atoms with Gasteiger partial charge in [-0.25, -0.2) is 4.98 Å². The molecule has 3 rings (SSSR count). The highest BCUT2D eigenvalue weighted by atomic mass is 16.3. The lowest BCUT2D eigenvalue weighted by molar-refractivity contribution is -0.659. The second-order valence-corrected chi connectivity index (χ2v) is 4.54. The fourth-order valence-electron chi connectivity index (χ4n) is 2.29. The van der Waals surface area contributed by atoms with Crippen LogP contribution in [-0.2, 0) is 7.05 Å². The number of aryl methyl sites for hydroxylation is 3. The van der Waals surface area contributed by atoms with Gasteiger partial charge in [-0.3, -0.25) is 0 Å². The highest BCUT2D eigenvalue weighted by Gasteiger charge is 2.20. The van der Waals surface area contributed by atoms with E-state index in [0.717, 1.165) is 16.8 Å². The number of hydrogen-bond acceptors (Lipinski definition) is 2. The normalized spacial score (nSPS) is 11.1. The summed E-state index contributed by atoms with van der Waals surface area (Å²) in [7, 11) is 2.03. The molecule has 0 aliphatic heterocycles. The Morgan fingerprint density at radius 3 is 2.67 bits per heavy atom. The molecule has 3 heteroatoms. The molecule has 0 saturated heterocycles. The summed E-state index contributed by atoms with van der Waals surface area (Å²) in [5.74, 6) is 0.700. The molecular formula is C15H15N2O+. The van der Waals surface area contributed by atoms with Gasteiger partial charge < -0.3 is 4.42 Å². The van der Waals surface area contributed by atoms with E-state index >= 15 is 0 Å². The molecular weight excluding hydrogens is 224 g/mol. The molecule has 0 radical (unpaired) electrons. The molecule has 0 N–H and O–H groups in total. The lowest BCUT2D eigenvalue weighted by Gasteiger charge is -2.03. The van der Waals surface area contributed by atoms with Gasteiger partial charge in [0.25, 0.3) is 5.69 Å². The van der Waals surface area contributed by atoms with Crippen LogP contribution in [0.3, 0.4) is 0 Å². The first kappa shape index (κ1) is 11.0. The van der Waals surface area contributed by atoms with Crippen molar-refractivity contribution in [2.45, 2.75) is 13.8 Å². The van der Waals surface area contributed by atoms with E-state index in [2.05, 4.69) is 28.6 Å². The number of benzene rings is 1. The molecule has 0 unspecified atom stereocenters. The predicted molar refractivity (Wildman–Crippen MR) is 70.1 cm³/mol. The van der Waals surface area contributed by atoms with Crippen molar-refractivity contribution in [2.75, 3.05) is 0 Å². The van der Waals surface area contributed by atoms with Crippen LogP contribution >= 0.6 is 0 Å². The number of fused-ring (bicyclic) bond motifs is 1. The average molecular weight is 239 g/mol. The van der Waals surface area contributed by atoms with Crippen molar-refractivity contribution < 1.29 is 8.98 Å². The Morgan fingerprint density at radius 2 is 1.89 bits per heavy atom. The number of pyridine rings is 1. The van der Waals surface area contributed by atoms with Crippen molar-refractivity contribution in [3.63, 3.8) is 0 Å². The van der Waals surface area contributed by atoms with Crippen LogP contribution in [0.4, 0.5) is 0 Å². The largest absolute Gasteiger partial charge is 0.434 e. The maximum Gasteiger partial charge on any atom is 0.257 e. The van der Waals surface area contributed by atoms with Crippen LogP contribution in [0.2, 0.25) is 0 Å². The van der Waals surface area contributed by atoms with Crippen LogP contribution in [0.15, 0.2) is 40.9 Å². The van der Waals surface area contributed by atoms with E-state index in [1.807, 2.05) is 38.4 Å². The molecule has 0 amide bonds. The molecule has 0 fully saturated rings. The third kappa shape index (κ3) is 1.59. The van der Waals surface area contributed by atoms with Gasteiger partial charge in [-0.15, -0.1) is 0 Å². The molecule has 0 saturated carbocycles. The summed E-state index contributed by atoms with van der Waals surface area (Å²) in [6.45, 7) is 3.99. The quantitative estimate of drug-likeness (QED) is 0.611. The van der Waals surface area contributed by atoms with Crippen molar-refractivity contribution in [3.8, 4) is 11.3 Å². The highest BCUT2D eigenvalue weighted by Crippen LogP contribution is 2.27. The Hall–Kier alpha value is -2.16. The van der Waals surface area contributed by atoms with Gasteiger partial charge in [0.05, 0.1) is 5.56 Å². The smallest absolute Gasteiger partial charge is 0.257 e. The monoisotopic (exact) mass is 239 g/mol. The molecule has 0 atom stereocenters. The number of hydrogen-bond donors (Lipinski definition) is 0. The van der Waals surface area contributed by atoms with E-state index in [4.69, 9.17) is 4.42 Å². The third-order valence-electron chi connectivity index (χ3n) is 3.18. The van der Waals surface area contributed by atoms with Gasteiger partial charge in [0.2, 0.25) is 5.58 Å².